The van der Waals surface area contributed by atoms with E-state index in [0.29, 0.717) is 5.56 Å². The summed E-state index contributed by atoms with van der Waals surface area (Å²) in [6, 6.07) is 3.87. The van der Waals surface area contributed by atoms with Gasteiger partial charge in [0, 0.05) is 12.1 Å². The monoisotopic (exact) mass is 271 g/mol. The van der Waals surface area contributed by atoms with Crippen LogP contribution in [0, 0.1) is 6.92 Å². The van der Waals surface area contributed by atoms with E-state index in [2.05, 4.69) is 18.4 Å². The zero-order valence-corrected chi connectivity index (χ0v) is 12.1. The second-order valence-corrected chi connectivity index (χ2v) is 5.79. The first-order chi connectivity index (χ1) is 9.66. The summed E-state index contributed by atoms with van der Waals surface area (Å²) in [5.41, 5.74) is 3.96. The molecule has 0 spiro atoms. The van der Waals surface area contributed by atoms with E-state index in [1.807, 2.05) is 12.1 Å². The van der Waals surface area contributed by atoms with Crippen molar-refractivity contribution in [2.45, 2.75) is 26.2 Å². The number of carbonyl (C=O) groups is 1. The minimum absolute atomic E-state index is 0.0759. The minimum atomic E-state index is 0.0759. The molecule has 1 fully saturated rings. The van der Waals surface area contributed by atoms with E-state index >= 15 is 0 Å². The fourth-order valence-corrected chi connectivity index (χ4v) is 3.17. The van der Waals surface area contributed by atoms with Crippen LogP contribution in [0.1, 0.15) is 40.7 Å². The summed E-state index contributed by atoms with van der Waals surface area (Å²) in [4.78, 5) is 14.2. The Kier molecular flexibility index (Phi) is 3.62. The Bertz CT molecular complexity index is 556. The van der Waals surface area contributed by atoms with Crippen molar-refractivity contribution in [2.24, 2.45) is 0 Å². The molecule has 0 aliphatic carbocycles. The lowest BCUT2D eigenvalue weighted by molar-refractivity contribution is 0.0961. The van der Waals surface area contributed by atoms with Gasteiger partial charge in [-0.2, -0.15) is 0 Å². The summed E-state index contributed by atoms with van der Waals surface area (Å²) in [6.07, 6.45) is 3.88. The molecule has 3 nitrogen and oxygen atoms in total. The first-order valence-electron chi connectivity index (χ1n) is 7.37. The number of carbonyl (C=O) groups excluding carboxylic acids is 1. The maximum Gasteiger partial charge on any atom is 0.203 e. The Morgan fingerprint density at radius 3 is 2.80 bits per heavy atom. The molecular formula is C17H21NO2. The lowest BCUT2D eigenvalue weighted by Gasteiger charge is -2.28. The molecular weight excluding hydrogens is 250 g/mol. The number of rotatable bonds is 3. The first kappa shape index (κ1) is 13.4. The Balaban J connectivity index is 1.86. The van der Waals surface area contributed by atoms with E-state index in [1.165, 1.54) is 19.3 Å². The van der Waals surface area contributed by atoms with Crippen LogP contribution in [0.5, 0.6) is 5.75 Å². The van der Waals surface area contributed by atoms with Crippen molar-refractivity contribution in [3.8, 4) is 5.75 Å². The number of nitrogens with zero attached hydrogens (tertiary/aromatic N) is 1. The van der Waals surface area contributed by atoms with Crippen LogP contribution in [0.25, 0.3) is 5.57 Å². The maximum absolute atomic E-state index is 11.8. The highest BCUT2D eigenvalue weighted by Gasteiger charge is 2.26. The fourth-order valence-electron chi connectivity index (χ4n) is 3.17. The molecule has 0 atom stereocenters. The lowest BCUT2D eigenvalue weighted by Crippen LogP contribution is -2.31. The van der Waals surface area contributed by atoms with Gasteiger partial charge in [0.15, 0.2) is 6.61 Å². The van der Waals surface area contributed by atoms with Crippen LogP contribution < -0.4 is 4.74 Å². The smallest absolute Gasteiger partial charge is 0.203 e. The molecule has 1 aromatic rings. The number of fused-ring (bicyclic) bond motifs is 1. The second kappa shape index (κ2) is 5.41. The predicted octanol–water partition coefficient (Wildman–Crippen LogP) is 3.07. The summed E-state index contributed by atoms with van der Waals surface area (Å²) in [7, 11) is 0. The number of likely N-dealkylation sites (tertiary alicyclic amines) is 1. The predicted molar refractivity (Wildman–Crippen MR) is 80.3 cm³/mol. The molecule has 1 aromatic carbocycles. The van der Waals surface area contributed by atoms with Crippen LogP contribution in [0.2, 0.25) is 0 Å². The number of hydrogen-bond donors (Lipinski definition) is 0. The van der Waals surface area contributed by atoms with Crippen LogP contribution in [0.4, 0.5) is 0 Å². The summed E-state index contributed by atoms with van der Waals surface area (Å²) >= 11 is 0. The van der Waals surface area contributed by atoms with E-state index in [0.717, 1.165) is 42.1 Å². The van der Waals surface area contributed by atoms with E-state index in [1.54, 1.807) is 0 Å². The minimum Gasteiger partial charge on any atom is -0.484 e. The third-order valence-electron chi connectivity index (χ3n) is 4.23. The van der Waals surface area contributed by atoms with Gasteiger partial charge in [-0.25, -0.2) is 0 Å². The molecule has 0 amide bonds. The molecule has 20 heavy (non-hydrogen) atoms. The largest absolute Gasteiger partial charge is 0.484 e. The zero-order valence-electron chi connectivity index (χ0n) is 12.1. The zero-order chi connectivity index (χ0) is 14.1. The Morgan fingerprint density at radius 2 is 2.05 bits per heavy atom. The van der Waals surface area contributed by atoms with Gasteiger partial charge in [-0.1, -0.05) is 19.1 Å². The van der Waals surface area contributed by atoms with Gasteiger partial charge in [0.2, 0.25) is 5.78 Å². The molecule has 2 aliphatic rings. The molecule has 0 saturated carbocycles. The quantitative estimate of drug-likeness (QED) is 0.846. The summed E-state index contributed by atoms with van der Waals surface area (Å²) < 4.78 is 5.60. The molecule has 2 heterocycles. The third kappa shape index (κ3) is 2.38. The van der Waals surface area contributed by atoms with Crippen molar-refractivity contribution in [3.05, 3.63) is 35.4 Å². The highest BCUT2D eigenvalue weighted by molar-refractivity contribution is 6.04. The van der Waals surface area contributed by atoms with Crippen molar-refractivity contribution in [2.75, 3.05) is 26.2 Å². The van der Waals surface area contributed by atoms with Gasteiger partial charge in [0.25, 0.3) is 0 Å². The SMILES string of the molecule is C=C(CN1CCCCC1)c1c(C)ccc2c1OCC2=O. The molecule has 106 valence electrons. The number of ether oxygens (including phenoxy) is 1. The summed E-state index contributed by atoms with van der Waals surface area (Å²) in [6.45, 7) is 9.64. The van der Waals surface area contributed by atoms with Gasteiger partial charge in [0.1, 0.15) is 5.75 Å². The normalized spacial score (nSPS) is 18.8. The van der Waals surface area contributed by atoms with Gasteiger partial charge in [-0.05, 0) is 50.1 Å². The lowest BCUT2D eigenvalue weighted by atomic mass is 9.96. The number of hydrogen-bond acceptors (Lipinski definition) is 3. The highest BCUT2D eigenvalue weighted by atomic mass is 16.5. The third-order valence-corrected chi connectivity index (χ3v) is 4.23. The first-order valence-corrected chi connectivity index (χ1v) is 7.37. The molecule has 0 radical (unpaired) electrons. The molecule has 0 aromatic heterocycles. The van der Waals surface area contributed by atoms with Gasteiger partial charge in [0.05, 0.1) is 5.56 Å². The molecule has 0 bridgehead atoms. The van der Waals surface area contributed by atoms with Crippen LogP contribution in [-0.4, -0.2) is 36.9 Å². The van der Waals surface area contributed by atoms with Gasteiger partial charge in [-0.3, -0.25) is 9.69 Å². The fraction of sp³-hybridized carbons (Fsp3) is 0.471. The molecule has 3 rings (SSSR count). The van der Waals surface area contributed by atoms with Crippen molar-refractivity contribution >= 4 is 11.4 Å². The highest BCUT2D eigenvalue weighted by Crippen LogP contribution is 2.36. The average molecular weight is 271 g/mol. The van der Waals surface area contributed by atoms with Crippen LogP contribution in [0.3, 0.4) is 0 Å². The van der Waals surface area contributed by atoms with Gasteiger partial charge >= 0.3 is 0 Å². The van der Waals surface area contributed by atoms with E-state index in [4.69, 9.17) is 4.74 Å². The molecule has 1 saturated heterocycles. The van der Waals surface area contributed by atoms with Crippen molar-refractivity contribution in [1.82, 2.24) is 4.90 Å². The number of piperidine rings is 1. The summed E-state index contributed by atoms with van der Waals surface area (Å²) in [5.74, 6) is 0.823. The van der Waals surface area contributed by atoms with Gasteiger partial charge < -0.3 is 4.74 Å². The maximum atomic E-state index is 11.8. The van der Waals surface area contributed by atoms with Crippen molar-refractivity contribution in [1.29, 1.82) is 0 Å². The van der Waals surface area contributed by atoms with Crippen LogP contribution in [0.15, 0.2) is 18.7 Å². The standard InChI is InChI=1S/C17H21NO2/c1-12-6-7-14-15(19)11-20-17(14)16(12)13(2)10-18-8-4-3-5-9-18/h6-7H,2-5,8-11H2,1H3. The van der Waals surface area contributed by atoms with Crippen LogP contribution >= 0.6 is 0 Å². The van der Waals surface area contributed by atoms with E-state index in [9.17, 15) is 4.79 Å². The summed E-state index contributed by atoms with van der Waals surface area (Å²) in [5, 5.41) is 0. The second-order valence-electron chi connectivity index (χ2n) is 5.79. The van der Waals surface area contributed by atoms with Crippen molar-refractivity contribution < 1.29 is 9.53 Å². The molecule has 0 N–H and O–H groups in total. The average Bonchev–Trinajstić information content (AvgIpc) is 2.81. The van der Waals surface area contributed by atoms with Gasteiger partial charge in [-0.15, -0.1) is 0 Å². The number of Topliss-reactive ketones (excluding diaryl/α,β-unsaturated/α-hetero) is 1. The van der Waals surface area contributed by atoms with Crippen LogP contribution in [-0.2, 0) is 0 Å². The Morgan fingerprint density at radius 1 is 1.30 bits per heavy atom. The number of benzene rings is 1. The van der Waals surface area contributed by atoms with E-state index in [-0.39, 0.29) is 12.4 Å². The van der Waals surface area contributed by atoms with Crippen molar-refractivity contribution in [3.63, 3.8) is 0 Å². The Labute approximate surface area is 120 Å². The number of ketones is 1. The Hall–Kier alpha value is -1.61. The molecule has 2 aliphatic heterocycles. The van der Waals surface area contributed by atoms with E-state index < -0.39 is 0 Å². The molecule has 0 unspecified atom stereocenters. The molecule has 3 heteroatoms. The topological polar surface area (TPSA) is 29.5 Å². The number of aryl methyl sites for hydroxylation is 1.